The largest absolute Gasteiger partial charge is 0.370 e. The van der Waals surface area contributed by atoms with Crippen LogP contribution in [0.3, 0.4) is 0 Å². The normalized spacial score (nSPS) is 16.8. The van der Waals surface area contributed by atoms with Crippen molar-refractivity contribution in [2.75, 3.05) is 10.6 Å². The van der Waals surface area contributed by atoms with Crippen molar-refractivity contribution in [3.05, 3.63) is 58.4 Å². The van der Waals surface area contributed by atoms with Gasteiger partial charge < -0.3 is 10.6 Å². The molecule has 0 saturated carbocycles. The molecule has 0 spiro atoms. The Kier molecular flexibility index (Phi) is 3.10. The lowest BCUT2D eigenvalue weighted by Crippen LogP contribution is -2.19. The third kappa shape index (κ3) is 2.23. The maximum atomic E-state index is 13.2. The molecule has 20 heavy (non-hydrogen) atoms. The van der Waals surface area contributed by atoms with E-state index in [0.717, 1.165) is 16.8 Å². The van der Waals surface area contributed by atoms with Crippen LogP contribution in [0.4, 0.5) is 15.8 Å². The maximum absolute atomic E-state index is 13.2. The molecular formula is C15H12ClFN2O. The Morgan fingerprint density at radius 1 is 1.25 bits per heavy atom. The van der Waals surface area contributed by atoms with E-state index in [0.29, 0.717) is 10.7 Å². The number of carbonyl (C=O) groups is 1. The highest BCUT2D eigenvalue weighted by Gasteiger charge is 2.30. The Hall–Kier alpha value is -2.07. The molecule has 5 heteroatoms. The highest BCUT2D eigenvalue weighted by atomic mass is 35.5. The minimum atomic E-state index is -0.538. The predicted octanol–water partition coefficient (Wildman–Crippen LogP) is 3.89. The van der Waals surface area contributed by atoms with Crippen LogP contribution in [-0.2, 0) is 4.79 Å². The average molecular weight is 291 g/mol. The van der Waals surface area contributed by atoms with Crippen LogP contribution in [0.2, 0.25) is 5.02 Å². The van der Waals surface area contributed by atoms with Gasteiger partial charge in [-0.15, -0.1) is 0 Å². The number of rotatable bonds is 2. The topological polar surface area (TPSA) is 41.1 Å². The van der Waals surface area contributed by atoms with Crippen molar-refractivity contribution < 1.29 is 9.18 Å². The molecule has 0 bridgehead atoms. The van der Waals surface area contributed by atoms with Gasteiger partial charge in [-0.25, -0.2) is 4.39 Å². The van der Waals surface area contributed by atoms with Gasteiger partial charge in [0.05, 0.1) is 0 Å². The summed E-state index contributed by atoms with van der Waals surface area (Å²) in [5.41, 5.74) is 2.95. The zero-order valence-electron chi connectivity index (χ0n) is 10.7. The molecular weight excluding hydrogens is 279 g/mol. The fourth-order valence-corrected chi connectivity index (χ4v) is 2.41. The van der Waals surface area contributed by atoms with E-state index in [1.165, 1.54) is 12.1 Å². The predicted molar refractivity (Wildman–Crippen MR) is 77.6 cm³/mol. The number of halogens is 2. The molecule has 1 heterocycles. The minimum Gasteiger partial charge on any atom is -0.370 e. The van der Waals surface area contributed by atoms with E-state index in [1.807, 2.05) is 19.1 Å². The van der Waals surface area contributed by atoms with E-state index >= 15 is 0 Å². The number of nitrogens with one attached hydrogen (secondary N) is 2. The van der Waals surface area contributed by atoms with E-state index in [9.17, 15) is 9.18 Å². The summed E-state index contributed by atoms with van der Waals surface area (Å²) in [5, 5.41) is 6.41. The number of amides is 1. The molecule has 0 aliphatic carbocycles. The molecule has 0 radical (unpaired) electrons. The third-order valence-corrected chi connectivity index (χ3v) is 3.74. The molecule has 3 rings (SSSR count). The zero-order valence-corrected chi connectivity index (χ0v) is 11.5. The second-order valence-corrected chi connectivity index (χ2v) is 5.17. The van der Waals surface area contributed by atoms with Crippen LogP contribution >= 0.6 is 11.6 Å². The molecule has 2 aromatic carbocycles. The van der Waals surface area contributed by atoms with Crippen molar-refractivity contribution in [1.29, 1.82) is 0 Å². The first-order chi connectivity index (χ1) is 9.54. The maximum Gasteiger partial charge on any atom is 0.251 e. The van der Waals surface area contributed by atoms with Gasteiger partial charge in [0.25, 0.3) is 5.91 Å². The lowest BCUT2D eigenvalue weighted by atomic mass is 10.1. The Morgan fingerprint density at radius 3 is 2.80 bits per heavy atom. The third-order valence-electron chi connectivity index (χ3n) is 3.33. The first-order valence-electron chi connectivity index (χ1n) is 6.17. The minimum absolute atomic E-state index is 0.206. The number of fused-ring (bicyclic) bond motifs is 1. The fraction of sp³-hybridized carbons (Fsp3) is 0.133. The van der Waals surface area contributed by atoms with E-state index in [1.54, 1.807) is 12.1 Å². The second-order valence-electron chi connectivity index (χ2n) is 4.76. The molecule has 0 saturated heterocycles. The first kappa shape index (κ1) is 12.9. The second kappa shape index (κ2) is 4.80. The Balaban J connectivity index is 1.92. The summed E-state index contributed by atoms with van der Waals surface area (Å²) in [7, 11) is 0. The smallest absolute Gasteiger partial charge is 0.251 e. The molecule has 0 fully saturated rings. The van der Waals surface area contributed by atoms with Crippen molar-refractivity contribution in [1.82, 2.24) is 0 Å². The first-order valence-corrected chi connectivity index (χ1v) is 6.55. The molecule has 2 aromatic rings. The van der Waals surface area contributed by atoms with Gasteiger partial charge in [0.15, 0.2) is 0 Å². The van der Waals surface area contributed by atoms with E-state index in [4.69, 9.17) is 11.6 Å². The lowest BCUT2D eigenvalue weighted by molar-refractivity contribution is -0.116. The molecule has 1 atom stereocenters. The van der Waals surface area contributed by atoms with E-state index < -0.39 is 6.04 Å². The van der Waals surface area contributed by atoms with Crippen LogP contribution in [0.25, 0.3) is 0 Å². The molecule has 3 nitrogen and oxygen atoms in total. The van der Waals surface area contributed by atoms with Gasteiger partial charge in [-0.1, -0.05) is 23.7 Å². The van der Waals surface area contributed by atoms with Gasteiger partial charge in [-0.05, 0) is 36.8 Å². The standard InChI is InChI=1S/C15H12ClFN2O/c1-8-2-4-10(7-12(8)16)18-14-11-5-3-9(17)6-13(11)19-15(14)20/h2-7,14,18H,1H3,(H,19,20). The Bertz CT molecular complexity index is 702. The monoisotopic (exact) mass is 290 g/mol. The lowest BCUT2D eigenvalue weighted by Gasteiger charge is -2.13. The molecule has 1 aliphatic rings. The summed E-state index contributed by atoms with van der Waals surface area (Å²) in [5.74, 6) is -0.578. The van der Waals surface area contributed by atoms with Gasteiger partial charge in [-0.2, -0.15) is 0 Å². The SMILES string of the molecule is Cc1ccc(NC2C(=O)Nc3cc(F)ccc32)cc1Cl. The van der Waals surface area contributed by atoms with Gasteiger partial charge in [0.1, 0.15) is 11.9 Å². The van der Waals surface area contributed by atoms with Crippen molar-refractivity contribution in [3.8, 4) is 0 Å². The van der Waals surface area contributed by atoms with Crippen molar-refractivity contribution in [3.63, 3.8) is 0 Å². The van der Waals surface area contributed by atoms with Gasteiger partial charge in [0.2, 0.25) is 0 Å². The van der Waals surface area contributed by atoms with Gasteiger partial charge in [-0.3, -0.25) is 4.79 Å². The van der Waals surface area contributed by atoms with Crippen molar-refractivity contribution >= 4 is 28.9 Å². The van der Waals surface area contributed by atoms with Crippen LogP contribution in [0.15, 0.2) is 36.4 Å². The highest BCUT2D eigenvalue weighted by molar-refractivity contribution is 6.31. The molecule has 1 amide bonds. The van der Waals surface area contributed by atoms with Crippen LogP contribution in [0.5, 0.6) is 0 Å². The average Bonchev–Trinajstić information content (AvgIpc) is 2.69. The molecule has 1 aliphatic heterocycles. The van der Waals surface area contributed by atoms with Crippen LogP contribution in [0, 0.1) is 12.7 Å². The number of hydrogen-bond acceptors (Lipinski definition) is 2. The van der Waals surface area contributed by atoms with Gasteiger partial charge >= 0.3 is 0 Å². The van der Waals surface area contributed by atoms with Crippen LogP contribution < -0.4 is 10.6 Å². The molecule has 2 N–H and O–H groups in total. The number of benzene rings is 2. The number of carbonyl (C=O) groups excluding carboxylic acids is 1. The molecule has 102 valence electrons. The quantitative estimate of drug-likeness (QED) is 0.881. The summed E-state index contributed by atoms with van der Waals surface area (Å²) in [4.78, 5) is 12.0. The Morgan fingerprint density at radius 2 is 2.05 bits per heavy atom. The summed E-state index contributed by atoms with van der Waals surface area (Å²) >= 11 is 6.07. The summed E-state index contributed by atoms with van der Waals surface area (Å²) in [6.45, 7) is 1.91. The number of aryl methyl sites for hydroxylation is 1. The van der Waals surface area contributed by atoms with Crippen LogP contribution in [0.1, 0.15) is 17.2 Å². The number of hydrogen-bond donors (Lipinski definition) is 2. The number of anilines is 2. The summed E-state index contributed by atoms with van der Waals surface area (Å²) < 4.78 is 13.2. The van der Waals surface area contributed by atoms with E-state index in [2.05, 4.69) is 10.6 Å². The van der Waals surface area contributed by atoms with Crippen molar-refractivity contribution in [2.45, 2.75) is 13.0 Å². The zero-order chi connectivity index (χ0) is 14.3. The summed E-state index contributed by atoms with van der Waals surface area (Å²) in [6, 6.07) is 9.23. The Labute approximate surface area is 120 Å². The highest BCUT2D eigenvalue weighted by Crippen LogP contribution is 2.34. The molecule has 0 aromatic heterocycles. The van der Waals surface area contributed by atoms with Crippen molar-refractivity contribution in [2.24, 2.45) is 0 Å². The summed E-state index contributed by atoms with van der Waals surface area (Å²) in [6.07, 6.45) is 0. The molecule has 1 unspecified atom stereocenters. The van der Waals surface area contributed by atoms with Crippen LogP contribution in [-0.4, -0.2) is 5.91 Å². The fourth-order valence-electron chi connectivity index (χ4n) is 2.23. The van der Waals surface area contributed by atoms with Gasteiger partial charge in [0, 0.05) is 22.0 Å². The van der Waals surface area contributed by atoms with E-state index in [-0.39, 0.29) is 11.7 Å².